The van der Waals surface area contributed by atoms with Crippen molar-refractivity contribution in [2.75, 3.05) is 0 Å². The minimum Gasteiger partial charge on any atom is -0.358 e. The average Bonchev–Trinajstić information content (AvgIpc) is 1.00. The van der Waals surface area contributed by atoms with Crippen molar-refractivity contribution in [2.24, 2.45) is 0 Å². The second kappa shape index (κ2) is 567. The summed E-state index contributed by atoms with van der Waals surface area (Å²) in [6.07, 6.45) is 0. The summed E-state index contributed by atoms with van der Waals surface area (Å²) >= 11 is 0. The zero-order valence-electron chi connectivity index (χ0n) is 18.6. The Morgan fingerprint density at radius 2 is 0.318 bits per heavy atom. The van der Waals surface area contributed by atoms with E-state index in [1.54, 1.807) is 6.92 Å². The Kier molecular flexibility index (Phi) is 11700. The SMILES string of the molecule is C.[CH2-]C.[CH3-].[CH3-].[CH3-].[CH3-].[CH3-].[CH3-].[CH3-].[CH3-].[CH3-].[CH3-].[CH3-].[CH3-].[CH3-].[CH3-].[Y+3].[Y+3].[Y+3].[Y].[Y]. The summed E-state index contributed by atoms with van der Waals surface area (Å²) < 4.78 is 0. The van der Waals surface area contributed by atoms with Gasteiger partial charge in [-0.15, -0.1) is 0 Å². The van der Waals surface area contributed by atoms with Gasteiger partial charge in [0.15, 0.2) is 0 Å². The predicted molar refractivity (Wildman–Crippen MR) is 108 cm³/mol. The van der Waals surface area contributed by atoms with Crippen molar-refractivity contribution in [3.63, 3.8) is 0 Å². The zero-order chi connectivity index (χ0) is 2.00. The van der Waals surface area contributed by atoms with Crippen LogP contribution in [0.3, 0.4) is 0 Å². The standard InChI is InChI=1S/C2H5.CH4.14CH3.5Y/c1-2;;;;;;;;;;;;;;;;;;;;/h1H2,2H3;1H4;14*1H3;;;;;/q-1;;14*-1;;;3*+3. The first kappa shape index (κ1) is 455. The normalized spacial score (nSPS) is 0.273. The van der Waals surface area contributed by atoms with Gasteiger partial charge < -0.3 is 111 Å². The quantitative estimate of drug-likeness (QED) is 0.227. The van der Waals surface area contributed by atoms with Crippen LogP contribution in [-0.4, -0.2) is 0 Å². The largest absolute Gasteiger partial charge is 3.00 e. The van der Waals surface area contributed by atoms with Crippen LogP contribution in [-0.2, 0) is 164 Å². The molecule has 0 saturated carbocycles. The summed E-state index contributed by atoms with van der Waals surface area (Å²) in [7, 11) is 0. The summed E-state index contributed by atoms with van der Waals surface area (Å²) in [5, 5.41) is 0. The van der Waals surface area contributed by atoms with Gasteiger partial charge in [-0.1, -0.05) is 7.43 Å². The zero-order valence-corrected chi connectivity index (χ0v) is 32.8. The third-order valence-corrected chi connectivity index (χ3v) is 0. The van der Waals surface area contributed by atoms with E-state index in [0.29, 0.717) is 0 Å². The summed E-state index contributed by atoms with van der Waals surface area (Å²) in [4.78, 5) is 0. The molecule has 22 heavy (non-hydrogen) atoms. The molecule has 0 bridgehead atoms. The second-order valence-corrected chi connectivity index (χ2v) is 0. The van der Waals surface area contributed by atoms with E-state index in [2.05, 4.69) is 6.92 Å². The molecule has 0 spiro atoms. The van der Waals surface area contributed by atoms with E-state index in [1.807, 2.05) is 0 Å². The molecule has 0 aliphatic rings. The fourth-order valence-electron chi connectivity index (χ4n) is 0. The Morgan fingerprint density at radius 3 is 0.318 bits per heavy atom. The number of hydrogen-bond donors (Lipinski definition) is 0. The molecule has 5 heteroatoms. The minimum absolute atomic E-state index is 0. The van der Waals surface area contributed by atoms with Gasteiger partial charge in [-0.2, -0.15) is 6.92 Å². The van der Waals surface area contributed by atoms with Crippen LogP contribution in [0.2, 0.25) is 0 Å². The van der Waals surface area contributed by atoms with Gasteiger partial charge >= 0.3 is 98.1 Å². The van der Waals surface area contributed by atoms with Crippen LogP contribution in [0.1, 0.15) is 14.4 Å². The van der Waals surface area contributed by atoms with Gasteiger partial charge in [0, 0.05) is 65.4 Å². The minimum atomic E-state index is 0. The Labute approximate surface area is 283 Å². The summed E-state index contributed by atoms with van der Waals surface area (Å²) in [5.74, 6) is 0. The first-order chi connectivity index (χ1) is 1.00. The molecule has 0 fully saturated rings. The molecular weight excluding hydrogens is 649 g/mol. The molecule has 0 amide bonds. The van der Waals surface area contributed by atoms with Crippen molar-refractivity contribution in [2.45, 2.75) is 14.4 Å². The monoisotopic (exact) mass is 700 g/mol. The van der Waals surface area contributed by atoms with Crippen molar-refractivity contribution in [3.05, 3.63) is 111 Å². The Morgan fingerprint density at radius 1 is 0.318 bits per heavy atom. The van der Waals surface area contributed by atoms with Gasteiger partial charge in [0.05, 0.1) is 0 Å². The Balaban J connectivity index is -0.0000000000263. The molecule has 0 aromatic carbocycles. The average molecular weight is 700 g/mol. The van der Waals surface area contributed by atoms with E-state index in [-0.39, 0.29) is 275 Å². The molecule has 0 atom stereocenters. The van der Waals surface area contributed by atoms with Crippen LogP contribution >= 0.6 is 0 Å². The van der Waals surface area contributed by atoms with Crippen LogP contribution in [0.4, 0.5) is 0 Å². The van der Waals surface area contributed by atoms with E-state index >= 15 is 0 Å². The number of hydrogen-bond acceptors (Lipinski definition) is 0. The maximum absolute atomic E-state index is 3.25. The fourth-order valence-corrected chi connectivity index (χ4v) is 0. The molecule has 0 aromatic rings. The fraction of sp³-hybridized carbons (Fsp3) is 0.118. The van der Waals surface area contributed by atoms with Gasteiger partial charge in [-0.25, -0.2) is 0 Å². The van der Waals surface area contributed by atoms with Crippen LogP contribution in [0.5, 0.6) is 0 Å². The van der Waals surface area contributed by atoms with Crippen molar-refractivity contribution in [1.82, 2.24) is 0 Å². The van der Waals surface area contributed by atoms with Gasteiger partial charge in [0.1, 0.15) is 0 Å². The van der Waals surface area contributed by atoms with Crippen molar-refractivity contribution < 1.29 is 164 Å². The number of rotatable bonds is 0. The third kappa shape index (κ3) is 504. The van der Waals surface area contributed by atoms with Crippen LogP contribution < -0.4 is 0 Å². The predicted octanol–water partition coefficient (Wildman–Crippen LogP) is 7.77. The van der Waals surface area contributed by atoms with Crippen LogP contribution in [0, 0.1) is 111 Å². The van der Waals surface area contributed by atoms with Crippen molar-refractivity contribution in [1.29, 1.82) is 0 Å². The molecule has 0 aliphatic carbocycles. The molecule has 0 N–H and O–H groups in total. The molecular formula is C17H51Y5-6. The van der Waals surface area contributed by atoms with Crippen LogP contribution in [0.25, 0.3) is 0 Å². The molecule has 0 aromatic heterocycles. The third-order valence-electron chi connectivity index (χ3n) is 0. The summed E-state index contributed by atoms with van der Waals surface area (Å²) in [6.45, 7) is 5.00. The molecule has 140 valence electrons. The van der Waals surface area contributed by atoms with Gasteiger partial charge in [-0.3, -0.25) is 0 Å². The molecule has 0 nitrogen and oxygen atoms in total. The van der Waals surface area contributed by atoms with Gasteiger partial charge in [0.2, 0.25) is 0 Å². The van der Waals surface area contributed by atoms with Crippen LogP contribution in [0.15, 0.2) is 0 Å². The van der Waals surface area contributed by atoms with E-state index in [1.165, 1.54) is 0 Å². The first-order valence-electron chi connectivity index (χ1n) is 0.707. The topological polar surface area (TPSA) is 0 Å². The van der Waals surface area contributed by atoms with Crippen molar-refractivity contribution >= 4 is 0 Å². The Bertz CT molecular complexity index is 17.0. The van der Waals surface area contributed by atoms with E-state index in [0.717, 1.165) is 0 Å². The molecule has 0 saturated heterocycles. The maximum atomic E-state index is 3.25. The smallest absolute Gasteiger partial charge is 0.358 e. The first-order valence-corrected chi connectivity index (χ1v) is 0.707. The molecule has 2 radical (unpaired) electrons. The van der Waals surface area contributed by atoms with E-state index < -0.39 is 0 Å². The van der Waals surface area contributed by atoms with Gasteiger partial charge in [-0.05, 0) is 0 Å². The summed E-state index contributed by atoms with van der Waals surface area (Å²) in [6, 6.07) is 0. The molecule has 0 unspecified atom stereocenters. The van der Waals surface area contributed by atoms with Gasteiger partial charge in [0.25, 0.3) is 0 Å². The summed E-state index contributed by atoms with van der Waals surface area (Å²) in [5.41, 5.74) is 0. The molecule has 0 heterocycles. The second-order valence-electron chi connectivity index (χ2n) is 0. The van der Waals surface area contributed by atoms with E-state index in [9.17, 15) is 0 Å². The Hall–Kier alpha value is 5.52. The molecule has 0 aliphatic heterocycles. The molecule has 0 rings (SSSR count). The van der Waals surface area contributed by atoms with E-state index in [4.69, 9.17) is 0 Å². The van der Waals surface area contributed by atoms with Crippen molar-refractivity contribution in [3.8, 4) is 0 Å². The maximum Gasteiger partial charge on any atom is 3.00 e.